The van der Waals surface area contributed by atoms with Crippen LogP contribution in [0.1, 0.15) is 40.0 Å². The van der Waals surface area contributed by atoms with Crippen molar-refractivity contribution < 1.29 is 14.3 Å². The molecule has 5 heteroatoms. The second-order valence-electron chi connectivity index (χ2n) is 8.31. The number of rotatable bonds is 3. The highest BCUT2D eigenvalue weighted by Gasteiger charge is 2.51. The van der Waals surface area contributed by atoms with Gasteiger partial charge in [-0.1, -0.05) is 26.8 Å². The lowest BCUT2D eigenvalue weighted by atomic mass is 9.65. The van der Waals surface area contributed by atoms with Crippen LogP contribution in [-0.2, 0) is 0 Å². The van der Waals surface area contributed by atoms with Crippen molar-refractivity contribution in [1.82, 2.24) is 4.90 Å². The number of carbonyl (C=O) groups excluding carboxylic acids is 1. The maximum atomic E-state index is 13.0. The van der Waals surface area contributed by atoms with Crippen LogP contribution in [-0.4, -0.2) is 37.7 Å². The molecule has 1 N–H and O–H groups in total. The second-order valence-corrected chi connectivity index (χ2v) is 8.31. The fraction of sp³-hybridized carbons (Fsp3) is 0.632. The van der Waals surface area contributed by atoms with Crippen LogP contribution in [0.4, 0.5) is 10.5 Å². The molecule has 1 aromatic carbocycles. The van der Waals surface area contributed by atoms with Gasteiger partial charge in [0.25, 0.3) is 0 Å². The number of methoxy groups -OCH3 is 2. The van der Waals surface area contributed by atoms with Crippen LogP contribution in [0.25, 0.3) is 0 Å². The number of amides is 2. The van der Waals surface area contributed by atoms with Crippen molar-refractivity contribution in [3.05, 3.63) is 18.2 Å². The normalized spacial score (nSPS) is 27.7. The highest BCUT2D eigenvalue weighted by Crippen LogP contribution is 2.52. The highest BCUT2D eigenvalue weighted by molar-refractivity contribution is 5.93. The quantitative estimate of drug-likeness (QED) is 0.905. The van der Waals surface area contributed by atoms with Crippen LogP contribution in [0.15, 0.2) is 18.2 Å². The number of para-hydroxylation sites is 1. The minimum Gasteiger partial charge on any atom is -0.494 e. The molecule has 2 fully saturated rings. The summed E-state index contributed by atoms with van der Waals surface area (Å²) in [6.45, 7) is 7.73. The first kappa shape index (κ1) is 16.9. The Bertz CT molecular complexity index is 621. The molecule has 2 amide bonds. The van der Waals surface area contributed by atoms with Crippen molar-refractivity contribution in [3.8, 4) is 11.5 Å². The van der Waals surface area contributed by atoms with Gasteiger partial charge >= 0.3 is 6.03 Å². The molecule has 0 spiro atoms. The summed E-state index contributed by atoms with van der Waals surface area (Å²) in [7, 11) is 3.19. The Balaban J connectivity index is 1.82. The number of nitrogens with one attached hydrogen (secondary N) is 1. The molecule has 132 valence electrons. The summed E-state index contributed by atoms with van der Waals surface area (Å²) >= 11 is 0. The number of anilines is 1. The van der Waals surface area contributed by atoms with Crippen LogP contribution in [0, 0.1) is 10.8 Å². The first-order valence-electron chi connectivity index (χ1n) is 8.56. The van der Waals surface area contributed by atoms with Gasteiger partial charge in [-0.15, -0.1) is 0 Å². The SMILES string of the molecule is COc1cccc(OC)c1NC(=O)N1CC2(C)CC1CC(C)(C)C2. The molecule has 2 bridgehead atoms. The Hall–Kier alpha value is -1.91. The number of hydrogen-bond donors (Lipinski definition) is 1. The van der Waals surface area contributed by atoms with Gasteiger partial charge in [0.15, 0.2) is 0 Å². The summed E-state index contributed by atoms with van der Waals surface area (Å²) < 4.78 is 10.8. The molecule has 1 aliphatic heterocycles. The number of nitrogens with zero attached hydrogens (tertiary/aromatic N) is 1. The molecule has 24 heavy (non-hydrogen) atoms. The van der Waals surface area contributed by atoms with E-state index in [9.17, 15) is 4.79 Å². The van der Waals surface area contributed by atoms with E-state index in [1.54, 1.807) is 14.2 Å². The first-order valence-corrected chi connectivity index (χ1v) is 8.56. The van der Waals surface area contributed by atoms with E-state index in [0.717, 1.165) is 25.8 Å². The molecule has 2 unspecified atom stereocenters. The van der Waals surface area contributed by atoms with Crippen LogP contribution in [0.2, 0.25) is 0 Å². The van der Waals surface area contributed by atoms with Crippen molar-refractivity contribution in [2.75, 3.05) is 26.1 Å². The van der Waals surface area contributed by atoms with E-state index in [0.29, 0.717) is 23.2 Å². The number of likely N-dealkylation sites (tertiary alicyclic amines) is 1. The summed E-state index contributed by atoms with van der Waals surface area (Å²) in [6, 6.07) is 5.74. The van der Waals surface area contributed by atoms with E-state index in [-0.39, 0.29) is 16.9 Å². The van der Waals surface area contributed by atoms with Gasteiger partial charge in [-0.3, -0.25) is 0 Å². The number of hydrogen-bond acceptors (Lipinski definition) is 3. The van der Waals surface area contributed by atoms with Crippen molar-refractivity contribution in [2.24, 2.45) is 10.8 Å². The Morgan fingerprint density at radius 2 is 1.79 bits per heavy atom. The van der Waals surface area contributed by atoms with E-state index < -0.39 is 0 Å². The van der Waals surface area contributed by atoms with E-state index >= 15 is 0 Å². The molecule has 2 aliphatic rings. The lowest BCUT2D eigenvalue weighted by Crippen LogP contribution is -2.40. The third kappa shape index (κ3) is 3.04. The lowest BCUT2D eigenvalue weighted by molar-refractivity contribution is 0.130. The summed E-state index contributed by atoms with van der Waals surface area (Å²) in [5.41, 5.74) is 1.10. The predicted octanol–water partition coefficient (Wildman–Crippen LogP) is 4.14. The van der Waals surface area contributed by atoms with Crippen molar-refractivity contribution in [1.29, 1.82) is 0 Å². The van der Waals surface area contributed by atoms with Gasteiger partial charge in [0.05, 0.1) is 14.2 Å². The molecule has 1 aliphatic carbocycles. The number of benzene rings is 1. The number of carbonyl (C=O) groups is 1. The maximum absolute atomic E-state index is 13.0. The van der Waals surface area contributed by atoms with Gasteiger partial charge < -0.3 is 19.7 Å². The van der Waals surface area contributed by atoms with E-state index in [1.807, 2.05) is 23.1 Å². The van der Waals surface area contributed by atoms with E-state index in [1.165, 1.54) is 0 Å². The average molecular weight is 332 g/mol. The van der Waals surface area contributed by atoms with E-state index in [4.69, 9.17) is 9.47 Å². The Kier molecular flexibility index (Phi) is 4.14. The standard InChI is InChI=1S/C19H28N2O3/c1-18(2)9-13-10-19(3,11-18)12-21(13)17(22)20-16-14(23-4)7-6-8-15(16)24-5/h6-8,13H,9-12H2,1-5H3,(H,20,22). The van der Waals surface area contributed by atoms with Crippen LogP contribution in [0.5, 0.6) is 11.5 Å². The molecule has 1 saturated heterocycles. The zero-order valence-corrected chi connectivity index (χ0v) is 15.3. The molecule has 2 atom stereocenters. The molecule has 0 radical (unpaired) electrons. The Morgan fingerprint density at radius 3 is 2.38 bits per heavy atom. The summed E-state index contributed by atoms with van der Waals surface area (Å²) in [4.78, 5) is 15.0. The molecule has 5 nitrogen and oxygen atoms in total. The fourth-order valence-corrected chi connectivity index (χ4v) is 4.85. The van der Waals surface area contributed by atoms with Crippen molar-refractivity contribution in [3.63, 3.8) is 0 Å². The summed E-state index contributed by atoms with van der Waals surface area (Å²) in [6.07, 6.45) is 3.31. The van der Waals surface area contributed by atoms with Crippen LogP contribution in [0.3, 0.4) is 0 Å². The molecule has 1 saturated carbocycles. The third-order valence-corrected chi connectivity index (χ3v) is 5.34. The molecule has 0 aromatic heterocycles. The maximum Gasteiger partial charge on any atom is 0.322 e. The van der Waals surface area contributed by atoms with Gasteiger partial charge in [-0.05, 0) is 42.2 Å². The average Bonchev–Trinajstić information content (AvgIpc) is 2.76. The van der Waals surface area contributed by atoms with Crippen molar-refractivity contribution >= 4 is 11.7 Å². The Labute approximate surface area is 144 Å². The number of fused-ring (bicyclic) bond motifs is 2. The largest absolute Gasteiger partial charge is 0.494 e. The van der Waals surface area contributed by atoms with Crippen LogP contribution < -0.4 is 14.8 Å². The first-order chi connectivity index (χ1) is 11.3. The topological polar surface area (TPSA) is 50.8 Å². The van der Waals surface area contributed by atoms with Gasteiger partial charge in [-0.25, -0.2) is 4.79 Å². The number of ether oxygens (including phenoxy) is 2. The predicted molar refractivity (Wildman–Crippen MR) is 94.8 cm³/mol. The molecule has 3 rings (SSSR count). The zero-order chi connectivity index (χ0) is 17.5. The Morgan fingerprint density at radius 1 is 1.17 bits per heavy atom. The van der Waals surface area contributed by atoms with Gasteiger partial charge in [0, 0.05) is 12.6 Å². The van der Waals surface area contributed by atoms with Crippen LogP contribution >= 0.6 is 0 Å². The smallest absolute Gasteiger partial charge is 0.322 e. The molecular formula is C19H28N2O3. The minimum atomic E-state index is -0.0655. The van der Waals surface area contributed by atoms with E-state index in [2.05, 4.69) is 26.1 Å². The second kappa shape index (κ2) is 5.87. The fourth-order valence-electron chi connectivity index (χ4n) is 4.85. The summed E-state index contributed by atoms with van der Waals surface area (Å²) in [5, 5.41) is 3.02. The minimum absolute atomic E-state index is 0.0655. The lowest BCUT2D eigenvalue weighted by Gasteiger charge is -2.39. The monoisotopic (exact) mass is 332 g/mol. The highest BCUT2D eigenvalue weighted by atomic mass is 16.5. The molecule has 1 aromatic rings. The van der Waals surface area contributed by atoms with Gasteiger partial charge in [0.2, 0.25) is 0 Å². The zero-order valence-electron chi connectivity index (χ0n) is 15.3. The third-order valence-electron chi connectivity index (χ3n) is 5.34. The summed E-state index contributed by atoms with van der Waals surface area (Å²) in [5.74, 6) is 1.22. The number of urea groups is 1. The molecular weight excluding hydrogens is 304 g/mol. The van der Waals surface area contributed by atoms with Gasteiger partial charge in [-0.2, -0.15) is 0 Å². The molecule has 1 heterocycles. The van der Waals surface area contributed by atoms with Crippen molar-refractivity contribution in [2.45, 2.75) is 46.1 Å². The van der Waals surface area contributed by atoms with Gasteiger partial charge in [0.1, 0.15) is 17.2 Å².